The van der Waals surface area contributed by atoms with Crippen molar-refractivity contribution < 1.29 is 26.7 Å². The minimum atomic E-state index is -3.99. The van der Waals surface area contributed by atoms with E-state index in [1.54, 1.807) is 6.07 Å². The Labute approximate surface area is 176 Å². The van der Waals surface area contributed by atoms with Gasteiger partial charge in [0.2, 0.25) is 0 Å². The molecular weight excluding hydrogens is 481 g/mol. The average molecular weight is 494 g/mol. The van der Waals surface area contributed by atoms with Gasteiger partial charge in [-0.05, 0) is 46.3 Å². The fraction of sp³-hybridized carbons (Fsp3) is 0.278. The number of hydrogen-bond donors (Lipinski definition) is 2. The molecule has 0 spiro atoms. The average Bonchev–Trinajstić information content (AvgIpc) is 2.65. The summed E-state index contributed by atoms with van der Waals surface area (Å²) in [5, 5.41) is 4.30. The first-order valence-corrected chi connectivity index (χ1v) is 9.47. The molecule has 1 fully saturated rings. The van der Waals surface area contributed by atoms with Crippen molar-refractivity contribution in [3.63, 3.8) is 0 Å². The standard InChI is InChI=1S/C18H13BrF5N3OS/c19-9-1-4-13(25-8-9)15(28)26-10-2-3-12(20)11(7-10)18(16(21)22)17(23,24)6-5-14(29)27-18/h1-4,7-8,16H,5-6H2,(H,26,28)(H,27,29)/t18-/m0/s1. The van der Waals surface area contributed by atoms with Crippen LogP contribution in [0.25, 0.3) is 0 Å². The number of halogens is 6. The highest BCUT2D eigenvalue weighted by atomic mass is 79.9. The molecule has 29 heavy (non-hydrogen) atoms. The van der Waals surface area contributed by atoms with Crippen molar-refractivity contribution in [1.82, 2.24) is 10.3 Å². The van der Waals surface area contributed by atoms with Crippen molar-refractivity contribution >= 4 is 44.7 Å². The second kappa shape index (κ2) is 7.94. The number of nitrogens with one attached hydrogen (secondary N) is 2. The molecule has 1 aromatic heterocycles. The molecule has 1 atom stereocenters. The van der Waals surface area contributed by atoms with Crippen LogP contribution in [0.2, 0.25) is 0 Å². The molecule has 1 aliphatic heterocycles. The van der Waals surface area contributed by atoms with E-state index < -0.39 is 41.6 Å². The van der Waals surface area contributed by atoms with Crippen LogP contribution in [-0.4, -0.2) is 28.2 Å². The van der Waals surface area contributed by atoms with E-state index >= 15 is 0 Å². The summed E-state index contributed by atoms with van der Waals surface area (Å²) >= 11 is 7.98. The minimum Gasteiger partial charge on any atom is -0.360 e. The van der Waals surface area contributed by atoms with Crippen LogP contribution >= 0.6 is 28.1 Å². The molecule has 3 rings (SSSR count). The third kappa shape index (κ3) is 3.97. The minimum absolute atomic E-state index is 0.00931. The van der Waals surface area contributed by atoms with Crippen LogP contribution < -0.4 is 10.6 Å². The first-order valence-electron chi connectivity index (χ1n) is 8.27. The van der Waals surface area contributed by atoms with Gasteiger partial charge in [-0.25, -0.2) is 26.9 Å². The van der Waals surface area contributed by atoms with Crippen molar-refractivity contribution in [3.8, 4) is 0 Å². The molecule has 2 N–H and O–H groups in total. The molecule has 1 aromatic carbocycles. The Bertz CT molecular complexity index is 957. The zero-order chi connectivity index (χ0) is 21.4. The van der Waals surface area contributed by atoms with Crippen LogP contribution in [-0.2, 0) is 5.54 Å². The number of nitrogens with zero attached hydrogens (tertiary/aromatic N) is 1. The Kier molecular flexibility index (Phi) is 5.91. The van der Waals surface area contributed by atoms with E-state index in [0.717, 1.165) is 18.2 Å². The van der Waals surface area contributed by atoms with Crippen molar-refractivity contribution in [3.05, 3.63) is 58.1 Å². The maximum atomic E-state index is 14.6. The smallest absolute Gasteiger partial charge is 0.280 e. The molecule has 154 valence electrons. The zero-order valence-corrected chi connectivity index (χ0v) is 16.9. The summed E-state index contributed by atoms with van der Waals surface area (Å²) in [5.74, 6) is -5.98. The Hall–Kier alpha value is -2.14. The summed E-state index contributed by atoms with van der Waals surface area (Å²) in [6, 6.07) is 5.51. The summed E-state index contributed by atoms with van der Waals surface area (Å²) < 4.78 is 72.2. The Morgan fingerprint density at radius 3 is 2.62 bits per heavy atom. The van der Waals surface area contributed by atoms with E-state index in [-0.39, 0.29) is 22.8 Å². The molecule has 1 aliphatic rings. The Balaban J connectivity index is 2.02. The lowest BCUT2D eigenvalue weighted by Crippen LogP contribution is -2.65. The molecule has 4 nitrogen and oxygen atoms in total. The Morgan fingerprint density at radius 1 is 1.28 bits per heavy atom. The summed E-state index contributed by atoms with van der Waals surface area (Å²) in [5.41, 5.74) is -4.49. The third-order valence-corrected chi connectivity index (χ3v) is 5.29. The van der Waals surface area contributed by atoms with Gasteiger partial charge in [0.15, 0.2) is 5.54 Å². The fourth-order valence-electron chi connectivity index (χ4n) is 3.05. The second-order valence-electron chi connectivity index (χ2n) is 6.37. The SMILES string of the molecule is O=C(Nc1ccc(F)c([C@@]2(C(F)F)NC(=S)CCC2(F)F)c1)c1ccc(Br)cn1. The lowest BCUT2D eigenvalue weighted by atomic mass is 9.78. The lowest BCUT2D eigenvalue weighted by Gasteiger charge is -2.45. The fourth-order valence-corrected chi connectivity index (χ4v) is 3.55. The molecule has 2 heterocycles. The Morgan fingerprint density at radius 2 is 2.00 bits per heavy atom. The summed E-state index contributed by atoms with van der Waals surface area (Å²) in [4.78, 5) is 15.9. The van der Waals surface area contributed by atoms with Gasteiger partial charge >= 0.3 is 0 Å². The van der Waals surface area contributed by atoms with E-state index in [0.29, 0.717) is 4.47 Å². The van der Waals surface area contributed by atoms with Crippen LogP contribution in [0, 0.1) is 5.82 Å². The van der Waals surface area contributed by atoms with Crippen LogP contribution in [0.15, 0.2) is 41.0 Å². The van der Waals surface area contributed by atoms with Gasteiger partial charge < -0.3 is 10.6 Å². The van der Waals surface area contributed by atoms with Crippen molar-refractivity contribution in [2.24, 2.45) is 0 Å². The number of carbonyl (C=O) groups is 1. The number of aromatic nitrogens is 1. The second-order valence-corrected chi connectivity index (χ2v) is 7.78. The van der Waals surface area contributed by atoms with Gasteiger partial charge in [0.25, 0.3) is 18.3 Å². The molecule has 0 saturated carbocycles. The maximum absolute atomic E-state index is 14.6. The van der Waals surface area contributed by atoms with Crippen LogP contribution in [0.3, 0.4) is 0 Å². The molecule has 0 bridgehead atoms. The lowest BCUT2D eigenvalue weighted by molar-refractivity contribution is -0.158. The summed E-state index contributed by atoms with van der Waals surface area (Å²) in [7, 11) is 0. The third-order valence-electron chi connectivity index (χ3n) is 4.52. The van der Waals surface area contributed by atoms with Crippen LogP contribution in [0.5, 0.6) is 0 Å². The molecule has 1 amide bonds. The largest absolute Gasteiger partial charge is 0.360 e. The number of anilines is 1. The normalized spacial score (nSPS) is 21.0. The van der Waals surface area contributed by atoms with Crippen LogP contribution in [0.1, 0.15) is 28.9 Å². The quantitative estimate of drug-likeness (QED) is 0.462. The number of pyridine rings is 1. The topological polar surface area (TPSA) is 54.0 Å². The molecular formula is C18H13BrF5N3OS. The van der Waals surface area contributed by atoms with Gasteiger partial charge in [-0.15, -0.1) is 0 Å². The number of benzene rings is 1. The van der Waals surface area contributed by atoms with Crippen molar-refractivity contribution in [2.45, 2.75) is 30.7 Å². The molecule has 11 heteroatoms. The van der Waals surface area contributed by atoms with Crippen molar-refractivity contribution in [1.29, 1.82) is 0 Å². The number of carbonyl (C=O) groups excluding carboxylic acids is 1. The zero-order valence-electron chi connectivity index (χ0n) is 14.5. The predicted octanol–water partition coefficient (Wildman–Crippen LogP) is 5.04. The van der Waals surface area contributed by atoms with Crippen molar-refractivity contribution in [2.75, 3.05) is 5.32 Å². The van der Waals surface area contributed by atoms with Gasteiger partial charge in [0.05, 0.1) is 4.99 Å². The molecule has 0 aliphatic carbocycles. The molecule has 1 saturated heterocycles. The van der Waals surface area contributed by atoms with E-state index in [4.69, 9.17) is 12.2 Å². The molecule has 2 aromatic rings. The monoisotopic (exact) mass is 493 g/mol. The number of alkyl halides is 4. The highest BCUT2D eigenvalue weighted by Crippen LogP contribution is 2.48. The highest BCUT2D eigenvalue weighted by molar-refractivity contribution is 9.10. The van der Waals surface area contributed by atoms with E-state index in [2.05, 4.69) is 26.2 Å². The number of hydrogen-bond acceptors (Lipinski definition) is 3. The van der Waals surface area contributed by atoms with E-state index in [1.807, 2.05) is 5.32 Å². The predicted molar refractivity (Wildman–Crippen MR) is 104 cm³/mol. The number of piperidine rings is 1. The maximum Gasteiger partial charge on any atom is 0.280 e. The first-order chi connectivity index (χ1) is 13.6. The highest BCUT2D eigenvalue weighted by Gasteiger charge is 2.64. The molecule has 0 radical (unpaired) electrons. The number of rotatable bonds is 4. The van der Waals surface area contributed by atoms with E-state index in [9.17, 15) is 26.7 Å². The summed E-state index contributed by atoms with van der Waals surface area (Å²) in [6.45, 7) is 0. The summed E-state index contributed by atoms with van der Waals surface area (Å²) in [6.07, 6.45) is -3.57. The van der Waals surface area contributed by atoms with Gasteiger partial charge in [-0.2, -0.15) is 0 Å². The molecule has 0 unspecified atom stereocenters. The number of amides is 1. The van der Waals surface area contributed by atoms with Gasteiger partial charge in [0.1, 0.15) is 11.5 Å². The van der Waals surface area contributed by atoms with E-state index in [1.165, 1.54) is 12.3 Å². The van der Waals surface area contributed by atoms with Gasteiger partial charge in [0, 0.05) is 34.8 Å². The first kappa shape index (κ1) is 21.6. The van der Waals surface area contributed by atoms with Gasteiger partial charge in [-0.3, -0.25) is 4.79 Å². The van der Waals surface area contributed by atoms with Crippen LogP contribution in [0.4, 0.5) is 27.6 Å². The number of thiocarbonyl (C=S) groups is 1. The van der Waals surface area contributed by atoms with Gasteiger partial charge in [-0.1, -0.05) is 12.2 Å².